The van der Waals surface area contributed by atoms with Crippen molar-refractivity contribution < 1.29 is 14.0 Å². The third kappa shape index (κ3) is 4.46. The first-order valence-electron chi connectivity index (χ1n) is 8.77. The fourth-order valence-electron chi connectivity index (χ4n) is 3.37. The van der Waals surface area contributed by atoms with E-state index in [1.807, 2.05) is 5.38 Å². The lowest BCUT2D eigenvalue weighted by molar-refractivity contribution is -0.127. The Hall–Kier alpha value is -2.28. The van der Waals surface area contributed by atoms with Crippen molar-refractivity contribution >= 4 is 23.2 Å². The molecule has 3 rings (SSSR count). The van der Waals surface area contributed by atoms with Crippen LogP contribution in [-0.2, 0) is 16.1 Å². The maximum atomic E-state index is 13.9. The van der Waals surface area contributed by atoms with E-state index < -0.39 is 6.04 Å². The maximum absolute atomic E-state index is 13.9. The molecule has 0 bridgehead atoms. The molecule has 1 aliphatic carbocycles. The minimum atomic E-state index is -0.584. The van der Waals surface area contributed by atoms with E-state index in [1.165, 1.54) is 24.3 Å². The molecule has 7 heteroatoms. The molecular formula is C19H22FN3O2S. The van der Waals surface area contributed by atoms with Crippen molar-refractivity contribution in [1.29, 1.82) is 0 Å². The van der Waals surface area contributed by atoms with E-state index in [-0.39, 0.29) is 23.5 Å². The van der Waals surface area contributed by atoms with Gasteiger partial charge in [-0.2, -0.15) is 4.99 Å². The molecule has 0 radical (unpaired) electrons. The van der Waals surface area contributed by atoms with Gasteiger partial charge in [0.15, 0.2) is 4.80 Å². The van der Waals surface area contributed by atoms with Crippen molar-refractivity contribution in [3.63, 3.8) is 0 Å². The summed E-state index contributed by atoms with van der Waals surface area (Å²) in [4.78, 5) is 29.0. The van der Waals surface area contributed by atoms with Crippen molar-refractivity contribution in [2.24, 2.45) is 10.9 Å². The first kappa shape index (κ1) is 18.5. The zero-order valence-electron chi connectivity index (χ0n) is 14.7. The Balaban J connectivity index is 1.84. The van der Waals surface area contributed by atoms with Crippen molar-refractivity contribution in [3.8, 4) is 0 Å². The summed E-state index contributed by atoms with van der Waals surface area (Å²) < 4.78 is 15.6. The van der Waals surface area contributed by atoms with Crippen LogP contribution in [0.25, 0.3) is 0 Å². The standard InChI is InChI=1S/C19H22FN3O2S/c1-13(24)21-17(14-6-2-3-7-14)18(25)22-19-23(10-11-26-19)12-15-8-4-5-9-16(15)20/h4-5,8-11,14,17H,2-3,6-7,12H2,1H3,(H,21,24). The number of hydrogen-bond acceptors (Lipinski definition) is 3. The van der Waals surface area contributed by atoms with Gasteiger partial charge in [0.1, 0.15) is 11.9 Å². The molecule has 5 nitrogen and oxygen atoms in total. The van der Waals surface area contributed by atoms with Crippen LogP contribution in [0.4, 0.5) is 4.39 Å². The fraction of sp³-hybridized carbons (Fsp3) is 0.421. The Morgan fingerprint density at radius 1 is 1.35 bits per heavy atom. The van der Waals surface area contributed by atoms with Gasteiger partial charge in [0.2, 0.25) is 5.91 Å². The van der Waals surface area contributed by atoms with Crippen molar-refractivity contribution in [3.05, 3.63) is 52.0 Å². The van der Waals surface area contributed by atoms with Gasteiger partial charge in [0.05, 0.1) is 6.54 Å². The molecule has 1 saturated carbocycles. The van der Waals surface area contributed by atoms with Gasteiger partial charge in [-0.1, -0.05) is 31.0 Å². The number of rotatable bonds is 5. The SMILES string of the molecule is CC(=O)NC(C(=O)N=c1sccn1Cc1ccccc1F)C1CCCC1. The number of halogens is 1. The highest BCUT2D eigenvalue weighted by Gasteiger charge is 2.31. The second kappa shape index (κ2) is 8.40. The highest BCUT2D eigenvalue weighted by molar-refractivity contribution is 7.07. The highest BCUT2D eigenvalue weighted by Crippen LogP contribution is 2.28. The molecule has 2 aromatic rings. The molecule has 1 fully saturated rings. The molecular weight excluding hydrogens is 353 g/mol. The lowest BCUT2D eigenvalue weighted by Crippen LogP contribution is -2.44. The summed E-state index contributed by atoms with van der Waals surface area (Å²) in [5.74, 6) is -0.714. The van der Waals surface area contributed by atoms with E-state index in [0.717, 1.165) is 25.7 Å². The molecule has 0 saturated heterocycles. The van der Waals surface area contributed by atoms with E-state index >= 15 is 0 Å². The van der Waals surface area contributed by atoms with Crippen LogP contribution in [0.2, 0.25) is 0 Å². The van der Waals surface area contributed by atoms with E-state index in [1.54, 1.807) is 29.0 Å². The number of carbonyl (C=O) groups is 2. The first-order chi connectivity index (χ1) is 12.5. The minimum Gasteiger partial charge on any atom is -0.344 e. The number of aromatic nitrogens is 1. The van der Waals surface area contributed by atoms with Crippen LogP contribution >= 0.6 is 11.3 Å². The van der Waals surface area contributed by atoms with E-state index in [0.29, 0.717) is 16.9 Å². The summed E-state index contributed by atoms with van der Waals surface area (Å²) in [6.07, 6.45) is 5.77. The zero-order valence-corrected chi connectivity index (χ0v) is 15.5. The van der Waals surface area contributed by atoms with E-state index in [9.17, 15) is 14.0 Å². The third-order valence-electron chi connectivity index (χ3n) is 4.66. The molecule has 1 atom stereocenters. The molecule has 1 unspecified atom stereocenters. The topological polar surface area (TPSA) is 63.5 Å². The number of benzene rings is 1. The predicted molar refractivity (Wildman–Crippen MR) is 97.9 cm³/mol. The highest BCUT2D eigenvalue weighted by atomic mass is 32.1. The van der Waals surface area contributed by atoms with Crippen molar-refractivity contribution in [1.82, 2.24) is 9.88 Å². The molecule has 1 aromatic carbocycles. The predicted octanol–water partition coefficient (Wildman–Crippen LogP) is 2.86. The number of carbonyl (C=O) groups excluding carboxylic acids is 2. The molecule has 0 spiro atoms. The molecule has 138 valence electrons. The van der Waals surface area contributed by atoms with Gasteiger partial charge in [0, 0.05) is 24.1 Å². The monoisotopic (exact) mass is 375 g/mol. The molecule has 1 aromatic heterocycles. The van der Waals surface area contributed by atoms with Crippen LogP contribution in [0.15, 0.2) is 40.8 Å². The van der Waals surface area contributed by atoms with E-state index in [4.69, 9.17) is 0 Å². The Bertz CT molecular complexity index is 852. The lowest BCUT2D eigenvalue weighted by Gasteiger charge is -2.20. The normalized spacial score (nSPS) is 16.6. The van der Waals surface area contributed by atoms with Crippen LogP contribution in [0, 0.1) is 11.7 Å². The van der Waals surface area contributed by atoms with Crippen LogP contribution in [-0.4, -0.2) is 22.4 Å². The summed E-state index contributed by atoms with van der Waals surface area (Å²) >= 11 is 1.32. The fourth-order valence-corrected chi connectivity index (χ4v) is 4.10. The zero-order chi connectivity index (χ0) is 18.5. The van der Waals surface area contributed by atoms with Gasteiger partial charge in [-0.3, -0.25) is 9.59 Å². The number of nitrogens with zero attached hydrogens (tertiary/aromatic N) is 2. The van der Waals surface area contributed by atoms with Gasteiger partial charge in [-0.05, 0) is 24.8 Å². The van der Waals surface area contributed by atoms with Crippen LogP contribution in [0.1, 0.15) is 38.2 Å². The lowest BCUT2D eigenvalue weighted by atomic mass is 9.97. The Kier molecular flexibility index (Phi) is 5.98. The Morgan fingerprint density at radius 2 is 2.08 bits per heavy atom. The van der Waals surface area contributed by atoms with Crippen molar-refractivity contribution in [2.75, 3.05) is 0 Å². The summed E-state index contributed by atoms with van der Waals surface area (Å²) in [5.41, 5.74) is 0.536. The molecule has 1 N–H and O–H groups in total. The average Bonchev–Trinajstić information content (AvgIpc) is 3.27. The maximum Gasteiger partial charge on any atom is 0.271 e. The smallest absolute Gasteiger partial charge is 0.271 e. The second-order valence-corrected chi connectivity index (χ2v) is 7.45. The Labute approximate surface area is 155 Å². The third-order valence-corrected chi connectivity index (χ3v) is 5.45. The number of thiazole rings is 1. The van der Waals surface area contributed by atoms with E-state index in [2.05, 4.69) is 10.3 Å². The molecule has 26 heavy (non-hydrogen) atoms. The van der Waals surface area contributed by atoms with Crippen molar-refractivity contribution in [2.45, 2.75) is 45.2 Å². The van der Waals surface area contributed by atoms with Crippen LogP contribution in [0.5, 0.6) is 0 Å². The van der Waals surface area contributed by atoms with Gasteiger partial charge in [-0.25, -0.2) is 4.39 Å². The second-order valence-electron chi connectivity index (χ2n) is 6.58. The van der Waals surface area contributed by atoms with Crippen LogP contribution < -0.4 is 10.1 Å². The summed E-state index contributed by atoms with van der Waals surface area (Å²) in [5, 5.41) is 4.58. The van der Waals surface area contributed by atoms with Gasteiger partial charge in [0.25, 0.3) is 5.91 Å². The average molecular weight is 375 g/mol. The van der Waals surface area contributed by atoms with Crippen LogP contribution in [0.3, 0.4) is 0 Å². The largest absolute Gasteiger partial charge is 0.344 e. The number of nitrogens with one attached hydrogen (secondary N) is 1. The molecule has 2 amide bonds. The van der Waals surface area contributed by atoms with Gasteiger partial charge < -0.3 is 9.88 Å². The summed E-state index contributed by atoms with van der Waals surface area (Å²) in [6.45, 7) is 1.72. The molecule has 1 heterocycles. The van der Waals surface area contributed by atoms with Gasteiger partial charge >= 0.3 is 0 Å². The Morgan fingerprint density at radius 3 is 2.77 bits per heavy atom. The number of amides is 2. The first-order valence-corrected chi connectivity index (χ1v) is 9.65. The molecule has 0 aliphatic heterocycles. The number of hydrogen-bond donors (Lipinski definition) is 1. The quantitative estimate of drug-likeness (QED) is 0.873. The summed E-state index contributed by atoms with van der Waals surface area (Å²) in [7, 11) is 0. The minimum absolute atomic E-state index is 0.134. The summed E-state index contributed by atoms with van der Waals surface area (Å²) in [6, 6.07) is 5.96. The van der Waals surface area contributed by atoms with Gasteiger partial charge in [-0.15, -0.1) is 11.3 Å². The molecule has 1 aliphatic rings.